The maximum atomic E-state index is 13.2. The third-order valence-electron chi connectivity index (χ3n) is 15.0. The predicted molar refractivity (Wildman–Crippen MR) is 332 cm³/mol. The second-order valence-corrected chi connectivity index (χ2v) is 22.2. The van der Waals surface area contributed by atoms with Crippen LogP contribution in [-0.2, 0) is 23.7 Å². The summed E-state index contributed by atoms with van der Waals surface area (Å²) in [5.41, 5.74) is 0. The SMILES string of the molecule is CC/C=C\C/C=C\C/C=C\C/C=C\C/C=C\C/C=C\C/C=C\C/C=C\CCCCCCCCCCCCCCCCCCC(=O)NC(COC1OC(CO)C(OC2OC(CO)C(O)C(O)C2O)C(O)C1O)C(O)/C=C/CCCCCCC. The van der Waals surface area contributed by atoms with Crippen molar-refractivity contribution < 1.29 is 64.6 Å². The van der Waals surface area contributed by atoms with Crippen molar-refractivity contribution in [3.8, 4) is 0 Å². The van der Waals surface area contributed by atoms with E-state index in [0.717, 1.165) is 103 Å². The van der Waals surface area contributed by atoms with Gasteiger partial charge in [-0.15, -0.1) is 0 Å². The molecule has 14 heteroatoms. The van der Waals surface area contributed by atoms with E-state index in [1.807, 2.05) is 6.08 Å². The number of ether oxygens (including phenoxy) is 4. The molecule has 12 atom stereocenters. The number of rotatable bonds is 50. The quantitative estimate of drug-likeness (QED) is 0.0204. The number of amides is 1. The lowest BCUT2D eigenvalue weighted by molar-refractivity contribution is -0.359. The van der Waals surface area contributed by atoms with Crippen LogP contribution in [0.25, 0.3) is 0 Å². The molecule has 0 bridgehead atoms. The van der Waals surface area contributed by atoms with Crippen molar-refractivity contribution in [1.82, 2.24) is 5.32 Å². The van der Waals surface area contributed by atoms with E-state index in [1.54, 1.807) is 6.08 Å². The van der Waals surface area contributed by atoms with Gasteiger partial charge in [-0.3, -0.25) is 4.79 Å². The normalized spacial score (nSPS) is 24.7. The molecule has 0 aliphatic carbocycles. The molecule has 1 amide bonds. The van der Waals surface area contributed by atoms with E-state index in [1.165, 1.54) is 89.9 Å². The lowest BCUT2D eigenvalue weighted by atomic mass is 9.97. The topological polar surface area (TPSA) is 228 Å². The molecule has 82 heavy (non-hydrogen) atoms. The third kappa shape index (κ3) is 36.5. The molecule has 2 fully saturated rings. The van der Waals surface area contributed by atoms with Crippen LogP contribution in [0, 0.1) is 0 Å². The average Bonchev–Trinajstić information content (AvgIpc) is 3.65. The average molecular weight is 1150 g/mol. The van der Waals surface area contributed by atoms with Crippen molar-refractivity contribution in [2.24, 2.45) is 0 Å². The lowest BCUT2D eigenvalue weighted by Crippen LogP contribution is -2.65. The molecule has 2 rings (SSSR count). The Bertz CT molecular complexity index is 1790. The first kappa shape index (κ1) is 74.7. The van der Waals surface area contributed by atoms with Gasteiger partial charge in [0.15, 0.2) is 12.6 Å². The zero-order valence-electron chi connectivity index (χ0n) is 50.7. The van der Waals surface area contributed by atoms with Crippen molar-refractivity contribution in [1.29, 1.82) is 0 Å². The smallest absolute Gasteiger partial charge is 0.220 e. The van der Waals surface area contributed by atoms with Gasteiger partial charge < -0.3 is 65.1 Å². The van der Waals surface area contributed by atoms with E-state index in [4.69, 9.17) is 18.9 Å². The number of hydrogen-bond donors (Lipinski definition) is 9. The Morgan fingerprint density at radius 1 is 0.451 bits per heavy atom. The van der Waals surface area contributed by atoms with Crippen LogP contribution < -0.4 is 5.32 Å². The van der Waals surface area contributed by atoms with Gasteiger partial charge in [-0.1, -0.05) is 239 Å². The predicted octanol–water partition coefficient (Wildman–Crippen LogP) is 12.0. The lowest BCUT2D eigenvalue weighted by Gasteiger charge is -2.46. The minimum Gasteiger partial charge on any atom is -0.394 e. The van der Waals surface area contributed by atoms with Gasteiger partial charge in [-0.2, -0.15) is 0 Å². The molecule has 14 nitrogen and oxygen atoms in total. The summed E-state index contributed by atoms with van der Waals surface area (Å²) in [5.74, 6) is -0.247. The highest BCUT2D eigenvalue weighted by atomic mass is 16.7. The Morgan fingerprint density at radius 3 is 1.29 bits per heavy atom. The first-order chi connectivity index (χ1) is 40.1. The Kier molecular flexibility index (Phi) is 47.4. The minimum absolute atomic E-state index is 0.247. The van der Waals surface area contributed by atoms with Crippen molar-refractivity contribution >= 4 is 5.91 Å². The highest BCUT2D eigenvalue weighted by Crippen LogP contribution is 2.30. The number of carbonyl (C=O) groups is 1. The van der Waals surface area contributed by atoms with Gasteiger partial charge in [0.05, 0.1) is 32.0 Å². The van der Waals surface area contributed by atoms with E-state index in [-0.39, 0.29) is 18.9 Å². The van der Waals surface area contributed by atoms with Gasteiger partial charge in [-0.05, 0) is 83.5 Å². The summed E-state index contributed by atoms with van der Waals surface area (Å²) in [6.45, 7) is 2.60. The monoisotopic (exact) mass is 1150 g/mol. The van der Waals surface area contributed by atoms with Crippen LogP contribution in [0.4, 0.5) is 0 Å². The van der Waals surface area contributed by atoms with Crippen LogP contribution in [0.5, 0.6) is 0 Å². The summed E-state index contributed by atoms with van der Waals surface area (Å²) in [6, 6.07) is -0.916. The molecule has 2 aliphatic heterocycles. The highest BCUT2D eigenvalue weighted by Gasteiger charge is 2.51. The molecule has 0 aromatic carbocycles. The zero-order valence-corrected chi connectivity index (χ0v) is 50.7. The summed E-state index contributed by atoms with van der Waals surface area (Å²) < 4.78 is 22.7. The van der Waals surface area contributed by atoms with Gasteiger partial charge in [0, 0.05) is 6.42 Å². The number of hydrogen-bond acceptors (Lipinski definition) is 13. The number of unbranched alkanes of at least 4 members (excludes halogenated alkanes) is 21. The Balaban J connectivity index is 1.52. The second kappa shape index (κ2) is 52.0. The fourth-order valence-corrected chi connectivity index (χ4v) is 9.84. The standard InChI is InChI=1S/C68H115NO13/c1-3-5-7-9-11-12-13-14-15-16-17-18-19-20-21-22-23-24-25-26-27-28-29-30-31-32-33-34-35-36-37-38-39-40-41-42-43-44-46-48-50-52-60(73)69-56(57(72)51-49-47-45-10-8-6-4-2)55-79-67-65(78)63(76)66(59(54-71)81-67)82-68-64(77)62(75)61(74)58(53-70)80-68/h5,7,11-12,14-15,17-18,20-21,23-24,26-27,29-30,49,51,56-59,61-68,70-72,74-78H,3-4,6,8-10,13,16,19,22,25,28,31-48,50,52-55H2,1-2H3,(H,69,73)/b7-5-,12-11-,15-14-,18-17-,21-20-,24-23-,27-26-,30-29-,51-49+. The number of nitrogens with one attached hydrogen (secondary N) is 1. The van der Waals surface area contributed by atoms with Gasteiger partial charge in [-0.25, -0.2) is 0 Å². The Labute approximate surface area is 495 Å². The first-order valence-electron chi connectivity index (χ1n) is 32.1. The maximum Gasteiger partial charge on any atom is 0.220 e. The number of aliphatic hydroxyl groups excluding tert-OH is 8. The van der Waals surface area contributed by atoms with Crippen molar-refractivity contribution in [2.45, 2.75) is 293 Å². The van der Waals surface area contributed by atoms with E-state index in [0.29, 0.717) is 6.42 Å². The molecule has 12 unspecified atom stereocenters. The molecule has 470 valence electrons. The number of allylic oxidation sites excluding steroid dienone is 17. The van der Waals surface area contributed by atoms with Crippen LogP contribution in [-0.4, -0.2) is 140 Å². The number of carbonyl (C=O) groups excluding carboxylic acids is 1. The molecule has 2 heterocycles. The molecular weight excluding hydrogens is 1040 g/mol. The van der Waals surface area contributed by atoms with Gasteiger partial charge in [0.2, 0.25) is 5.91 Å². The van der Waals surface area contributed by atoms with Crippen LogP contribution in [0.15, 0.2) is 109 Å². The van der Waals surface area contributed by atoms with E-state index >= 15 is 0 Å². The van der Waals surface area contributed by atoms with E-state index in [9.17, 15) is 45.6 Å². The van der Waals surface area contributed by atoms with Crippen LogP contribution in [0.1, 0.15) is 219 Å². The summed E-state index contributed by atoms with van der Waals surface area (Å²) >= 11 is 0. The van der Waals surface area contributed by atoms with Gasteiger partial charge in [0.1, 0.15) is 48.8 Å². The minimum atomic E-state index is -1.79. The van der Waals surface area contributed by atoms with E-state index in [2.05, 4.69) is 116 Å². The largest absolute Gasteiger partial charge is 0.394 e. The highest BCUT2D eigenvalue weighted by molar-refractivity contribution is 5.76. The fraction of sp³-hybridized carbons (Fsp3) is 0.721. The summed E-state index contributed by atoms with van der Waals surface area (Å²) in [4.78, 5) is 13.2. The van der Waals surface area contributed by atoms with Gasteiger partial charge in [0.25, 0.3) is 0 Å². The van der Waals surface area contributed by atoms with Gasteiger partial charge >= 0.3 is 0 Å². The van der Waals surface area contributed by atoms with Crippen LogP contribution >= 0.6 is 0 Å². The Hall–Kier alpha value is -3.35. The number of aliphatic hydroxyl groups is 8. The van der Waals surface area contributed by atoms with Crippen molar-refractivity contribution in [3.05, 3.63) is 109 Å². The third-order valence-corrected chi connectivity index (χ3v) is 15.0. The maximum absolute atomic E-state index is 13.2. The Morgan fingerprint density at radius 2 is 0.841 bits per heavy atom. The zero-order chi connectivity index (χ0) is 59.5. The first-order valence-corrected chi connectivity index (χ1v) is 32.1. The molecule has 2 saturated heterocycles. The van der Waals surface area contributed by atoms with Crippen LogP contribution in [0.3, 0.4) is 0 Å². The molecule has 0 radical (unpaired) electrons. The van der Waals surface area contributed by atoms with Crippen molar-refractivity contribution in [3.63, 3.8) is 0 Å². The molecule has 2 aliphatic rings. The molecule has 9 N–H and O–H groups in total. The molecule has 0 saturated carbocycles. The second-order valence-electron chi connectivity index (χ2n) is 22.2. The summed E-state index contributed by atoms with van der Waals surface area (Å²) in [5, 5.41) is 86.7. The molecular formula is C68H115NO13. The van der Waals surface area contributed by atoms with Crippen LogP contribution in [0.2, 0.25) is 0 Å². The molecule has 0 aromatic heterocycles. The fourth-order valence-electron chi connectivity index (χ4n) is 9.84. The summed E-state index contributed by atoms with van der Waals surface area (Å²) in [6.07, 6.45) is 57.7. The summed E-state index contributed by atoms with van der Waals surface area (Å²) in [7, 11) is 0. The van der Waals surface area contributed by atoms with Crippen molar-refractivity contribution in [2.75, 3.05) is 19.8 Å². The van der Waals surface area contributed by atoms with E-state index < -0.39 is 86.8 Å². The molecule has 0 spiro atoms. The molecule has 0 aromatic rings.